The van der Waals surface area contributed by atoms with Gasteiger partial charge in [-0.25, -0.2) is 0 Å². The van der Waals surface area contributed by atoms with E-state index in [1.54, 1.807) is 0 Å². The third-order valence-electron chi connectivity index (χ3n) is 4.82. The molecule has 0 aromatic carbocycles. The van der Waals surface area contributed by atoms with E-state index in [-0.39, 0.29) is 0 Å². The molecule has 22 heavy (non-hydrogen) atoms. The highest BCUT2D eigenvalue weighted by molar-refractivity contribution is 6.78. The lowest BCUT2D eigenvalue weighted by Gasteiger charge is -2.26. The van der Waals surface area contributed by atoms with Crippen molar-refractivity contribution in [3.8, 4) is 0 Å². The molecule has 0 aliphatic carbocycles. The molecule has 1 atom stereocenters. The minimum Gasteiger partial charge on any atom is -0.0885 e. The number of hydrogen-bond acceptors (Lipinski definition) is 0. The third kappa shape index (κ3) is 13.6. The van der Waals surface area contributed by atoms with Gasteiger partial charge in [-0.2, -0.15) is 0 Å². The summed E-state index contributed by atoms with van der Waals surface area (Å²) < 4.78 is 0. The van der Waals surface area contributed by atoms with Gasteiger partial charge < -0.3 is 0 Å². The first-order valence-electron chi connectivity index (χ1n) is 10.2. The third-order valence-corrected chi connectivity index (χ3v) is 7.53. The summed E-state index contributed by atoms with van der Waals surface area (Å²) in [6.45, 7) is 12.2. The van der Waals surface area contributed by atoms with Gasteiger partial charge in [0.25, 0.3) is 0 Å². The van der Waals surface area contributed by atoms with E-state index in [0.29, 0.717) is 0 Å². The van der Waals surface area contributed by atoms with Crippen LogP contribution in [0.25, 0.3) is 0 Å². The van der Waals surface area contributed by atoms with Crippen molar-refractivity contribution in [3.63, 3.8) is 0 Å². The Morgan fingerprint density at radius 2 is 1.18 bits per heavy atom. The minimum absolute atomic E-state index is 0.896. The monoisotopic (exact) mass is 324 g/mol. The molecule has 0 N–H and O–H groups in total. The molecule has 132 valence electrons. The highest BCUT2D eigenvalue weighted by Gasteiger charge is 2.23. The zero-order valence-electron chi connectivity index (χ0n) is 16.4. The van der Waals surface area contributed by atoms with E-state index >= 15 is 0 Å². The molecule has 0 rings (SSSR count). The smallest absolute Gasteiger partial charge is 0.0513 e. The first-order chi connectivity index (χ1) is 10.5. The fraction of sp³-hybridized carbons (Fsp3) is 0.905. The average Bonchev–Trinajstić information content (AvgIpc) is 2.46. The van der Waals surface area contributed by atoms with Crippen LogP contribution in [-0.2, 0) is 0 Å². The molecule has 0 spiro atoms. The summed E-state index contributed by atoms with van der Waals surface area (Å²) in [5, 5.41) is 0. The van der Waals surface area contributed by atoms with Crippen molar-refractivity contribution < 1.29 is 0 Å². The molecule has 0 saturated heterocycles. The molecule has 0 bridgehead atoms. The second kappa shape index (κ2) is 14.5. The summed E-state index contributed by atoms with van der Waals surface area (Å²) in [6.07, 6.45) is 23.5. The lowest BCUT2D eigenvalue weighted by molar-refractivity contribution is 0.577. The van der Waals surface area contributed by atoms with Crippen molar-refractivity contribution in [1.82, 2.24) is 0 Å². The predicted molar refractivity (Wildman–Crippen MR) is 108 cm³/mol. The van der Waals surface area contributed by atoms with Gasteiger partial charge in [-0.3, -0.25) is 0 Å². The Morgan fingerprint density at radius 1 is 0.682 bits per heavy atom. The van der Waals surface area contributed by atoms with Gasteiger partial charge in [0.05, 0.1) is 8.07 Å². The van der Waals surface area contributed by atoms with Crippen LogP contribution in [0.2, 0.25) is 25.2 Å². The maximum atomic E-state index is 2.59. The van der Waals surface area contributed by atoms with Crippen molar-refractivity contribution in [1.29, 1.82) is 0 Å². The van der Waals surface area contributed by atoms with Crippen LogP contribution in [0.3, 0.4) is 0 Å². The summed E-state index contributed by atoms with van der Waals surface area (Å²) in [7, 11) is -1.02. The van der Waals surface area contributed by atoms with Crippen LogP contribution in [0, 0.1) is 0 Å². The molecule has 0 fully saturated rings. The van der Waals surface area contributed by atoms with E-state index in [9.17, 15) is 0 Å². The summed E-state index contributed by atoms with van der Waals surface area (Å²) in [6, 6.07) is 0. The molecular formula is C21H44Si. The number of rotatable bonds is 15. The van der Waals surface area contributed by atoms with Crippen LogP contribution in [0.15, 0.2) is 12.2 Å². The molecule has 0 heterocycles. The van der Waals surface area contributed by atoms with Crippen molar-refractivity contribution in [3.05, 3.63) is 12.2 Å². The van der Waals surface area contributed by atoms with Gasteiger partial charge in [0.1, 0.15) is 0 Å². The van der Waals surface area contributed by atoms with E-state index in [2.05, 4.69) is 45.6 Å². The molecule has 0 aliphatic rings. The predicted octanol–water partition coefficient (Wildman–Crippen LogP) is 8.36. The Bertz CT molecular complexity index is 249. The molecule has 0 aromatic rings. The van der Waals surface area contributed by atoms with Crippen LogP contribution in [0.4, 0.5) is 0 Å². The van der Waals surface area contributed by atoms with E-state index in [1.165, 1.54) is 83.5 Å². The molecule has 0 aromatic heterocycles. The molecule has 0 radical (unpaired) electrons. The van der Waals surface area contributed by atoms with Gasteiger partial charge in [-0.15, -0.1) is 0 Å². The van der Waals surface area contributed by atoms with E-state index in [4.69, 9.17) is 0 Å². The Kier molecular flexibility index (Phi) is 14.5. The first kappa shape index (κ1) is 22.0. The van der Waals surface area contributed by atoms with Crippen molar-refractivity contribution >= 4 is 8.07 Å². The van der Waals surface area contributed by atoms with Gasteiger partial charge in [0.15, 0.2) is 0 Å². The van der Waals surface area contributed by atoms with E-state index in [0.717, 1.165) is 5.54 Å². The fourth-order valence-corrected chi connectivity index (χ4v) is 4.87. The Hall–Kier alpha value is -0.0431. The molecular weight excluding hydrogens is 280 g/mol. The standard InChI is InChI=1S/C21H44Si/c1-6-8-10-11-12-13-14-15-16-18-20-21(22(3,4)5)19-17-9-7-2/h18,20-21H,6-17,19H2,1-5H3/b20-18+. The number of unbranched alkanes of at least 4 members (excludes halogenated alkanes) is 10. The average molecular weight is 325 g/mol. The zero-order valence-corrected chi connectivity index (χ0v) is 17.4. The Morgan fingerprint density at radius 3 is 1.73 bits per heavy atom. The lowest BCUT2D eigenvalue weighted by Crippen LogP contribution is -2.26. The normalized spacial score (nSPS) is 13.9. The van der Waals surface area contributed by atoms with Crippen LogP contribution in [0.5, 0.6) is 0 Å². The second-order valence-electron chi connectivity index (χ2n) is 8.16. The Balaban J connectivity index is 3.72. The van der Waals surface area contributed by atoms with Gasteiger partial charge in [0, 0.05) is 0 Å². The van der Waals surface area contributed by atoms with Crippen LogP contribution in [0.1, 0.15) is 97.3 Å². The first-order valence-corrected chi connectivity index (χ1v) is 13.8. The zero-order chi connectivity index (χ0) is 16.7. The highest BCUT2D eigenvalue weighted by Crippen LogP contribution is 2.29. The summed E-state index contributed by atoms with van der Waals surface area (Å²) >= 11 is 0. The van der Waals surface area contributed by atoms with E-state index in [1.807, 2.05) is 0 Å². The topological polar surface area (TPSA) is 0 Å². The second-order valence-corrected chi connectivity index (χ2v) is 13.6. The van der Waals surface area contributed by atoms with Gasteiger partial charge in [0.2, 0.25) is 0 Å². The molecule has 0 saturated carbocycles. The summed E-state index contributed by atoms with van der Waals surface area (Å²) in [4.78, 5) is 0. The van der Waals surface area contributed by atoms with Crippen molar-refractivity contribution in [2.75, 3.05) is 0 Å². The summed E-state index contributed by atoms with van der Waals surface area (Å²) in [5.74, 6) is 0. The lowest BCUT2D eigenvalue weighted by atomic mass is 10.1. The molecule has 0 amide bonds. The van der Waals surface area contributed by atoms with Gasteiger partial charge >= 0.3 is 0 Å². The van der Waals surface area contributed by atoms with Crippen molar-refractivity contribution in [2.45, 2.75) is 123 Å². The fourth-order valence-electron chi connectivity index (χ4n) is 3.09. The minimum atomic E-state index is -1.02. The SMILES string of the molecule is CCCCCCCCCC/C=C/C(CCCCC)[Si](C)(C)C. The van der Waals surface area contributed by atoms with Gasteiger partial charge in [-0.1, -0.05) is 110 Å². The van der Waals surface area contributed by atoms with Gasteiger partial charge in [-0.05, 0) is 24.8 Å². The Labute approximate surface area is 143 Å². The van der Waals surface area contributed by atoms with Crippen molar-refractivity contribution in [2.24, 2.45) is 0 Å². The van der Waals surface area contributed by atoms with Crippen LogP contribution >= 0.6 is 0 Å². The maximum Gasteiger partial charge on any atom is 0.0513 e. The largest absolute Gasteiger partial charge is 0.0885 e. The molecule has 0 nitrogen and oxygen atoms in total. The maximum absolute atomic E-state index is 2.59. The number of hydrogen-bond donors (Lipinski definition) is 0. The van der Waals surface area contributed by atoms with E-state index < -0.39 is 8.07 Å². The van der Waals surface area contributed by atoms with Crippen LogP contribution < -0.4 is 0 Å². The molecule has 1 heteroatoms. The quantitative estimate of drug-likeness (QED) is 0.161. The highest BCUT2D eigenvalue weighted by atomic mass is 28.3. The molecule has 0 aliphatic heterocycles. The summed E-state index contributed by atoms with van der Waals surface area (Å²) in [5.41, 5.74) is 0.896. The van der Waals surface area contributed by atoms with Crippen LogP contribution in [-0.4, -0.2) is 8.07 Å². The molecule has 1 unspecified atom stereocenters. The number of allylic oxidation sites excluding steroid dienone is 2.